The van der Waals surface area contributed by atoms with E-state index in [1.807, 2.05) is 41.6 Å². The van der Waals surface area contributed by atoms with Crippen LogP contribution in [0.3, 0.4) is 0 Å². The fourth-order valence-electron chi connectivity index (χ4n) is 3.57. The van der Waals surface area contributed by atoms with Crippen LogP contribution in [0.2, 0.25) is 0 Å². The van der Waals surface area contributed by atoms with Gasteiger partial charge in [0.25, 0.3) is 0 Å². The summed E-state index contributed by atoms with van der Waals surface area (Å²) in [6, 6.07) is 7.89. The van der Waals surface area contributed by atoms with E-state index in [0.717, 1.165) is 36.3 Å². The van der Waals surface area contributed by atoms with Crippen molar-refractivity contribution < 1.29 is 14.3 Å². The van der Waals surface area contributed by atoms with Crippen molar-refractivity contribution in [1.29, 1.82) is 0 Å². The molecule has 3 rings (SSSR count). The van der Waals surface area contributed by atoms with Gasteiger partial charge in [0.15, 0.2) is 0 Å². The summed E-state index contributed by atoms with van der Waals surface area (Å²) >= 11 is 1.67. The summed E-state index contributed by atoms with van der Waals surface area (Å²) in [7, 11) is 1.65. The van der Waals surface area contributed by atoms with Gasteiger partial charge in [-0.1, -0.05) is 12.1 Å². The fourth-order valence-corrected chi connectivity index (χ4v) is 4.40. The number of carbonyl (C=O) groups excluding carboxylic acids is 2. The third-order valence-electron chi connectivity index (χ3n) is 5.43. The van der Waals surface area contributed by atoms with Crippen LogP contribution in [0.15, 0.2) is 29.8 Å². The lowest BCUT2D eigenvalue weighted by atomic mass is 9.96. The number of nitrogens with zero attached hydrogens (tertiary/aromatic N) is 2. The average molecular weight is 416 g/mol. The number of aromatic nitrogens is 1. The molecular formula is C22H29N3O3S. The van der Waals surface area contributed by atoms with Crippen molar-refractivity contribution >= 4 is 23.2 Å². The first-order chi connectivity index (χ1) is 14.1. The Hall–Kier alpha value is -2.41. The van der Waals surface area contributed by atoms with Crippen LogP contribution in [0.4, 0.5) is 0 Å². The molecule has 1 fully saturated rings. The minimum Gasteiger partial charge on any atom is -0.497 e. The first-order valence-corrected chi connectivity index (χ1v) is 11.0. The standard InChI is InChI=1S/C22H29N3O3S/c1-16-20(29-15-24-16)4-3-12-23-22(27)18-7-10-21(26)25(14-18)13-11-17-5-8-19(28-2)9-6-17/h5-6,8-9,15,18H,3-4,7,10-14H2,1-2H3,(H,23,27)/t18-/m0/s1. The smallest absolute Gasteiger partial charge is 0.224 e. The molecule has 2 aromatic rings. The third-order valence-corrected chi connectivity index (χ3v) is 6.42. The van der Waals surface area contributed by atoms with E-state index in [4.69, 9.17) is 4.74 Å². The summed E-state index contributed by atoms with van der Waals surface area (Å²) in [5, 5.41) is 3.05. The van der Waals surface area contributed by atoms with E-state index >= 15 is 0 Å². The van der Waals surface area contributed by atoms with Crippen molar-refractivity contribution in [1.82, 2.24) is 15.2 Å². The van der Waals surface area contributed by atoms with Crippen molar-refractivity contribution in [3.05, 3.63) is 45.9 Å². The number of ether oxygens (including phenoxy) is 1. The summed E-state index contributed by atoms with van der Waals surface area (Å²) in [4.78, 5) is 32.2. The van der Waals surface area contributed by atoms with Crippen LogP contribution >= 0.6 is 11.3 Å². The second-order valence-electron chi connectivity index (χ2n) is 7.43. The Morgan fingerprint density at radius 3 is 2.79 bits per heavy atom. The van der Waals surface area contributed by atoms with E-state index in [1.54, 1.807) is 18.4 Å². The maximum absolute atomic E-state index is 12.6. The lowest BCUT2D eigenvalue weighted by Gasteiger charge is -2.32. The molecule has 0 saturated carbocycles. The van der Waals surface area contributed by atoms with Crippen LogP contribution in [0.25, 0.3) is 0 Å². The molecule has 1 aromatic heterocycles. The van der Waals surface area contributed by atoms with E-state index in [1.165, 1.54) is 4.88 Å². The molecule has 1 N–H and O–H groups in total. The second-order valence-corrected chi connectivity index (χ2v) is 8.37. The lowest BCUT2D eigenvalue weighted by Crippen LogP contribution is -2.46. The number of methoxy groups -OCH3 is 1. The highest BCUT2D eigenvalue weighted by atomic mass is 32.1. The Bertz CT molecular complexity index is 819. The number of hydrogen-bond donors (Lipinski definition) is 1. The summed E-state index contributed by atoms with van der Waals surface area (Å²) < 4.78 is 5.18. The molecule has 7 heteroatoms. The van der Waals surface area contributed by atoms with Crippen LogP contribution < -0.4 is 10.1 Å². The molecule has 0 radical (unpaired) electrons. The van der Waals surface area contributed by atoms with Gasteiger partial charge in [-0.3, -0.25) is 9.59 Å². The predicted molar refractivity (Wildman–Crippen MR) is 114 cm³/mol. The van der Waals surface area contributed by atoms with Crippen molar-refractivity contribution in [2.45, 2.75) is 39.0 Å². The molecule has 2 heterocycles. The SMILES string of the molecule is COc1ccc(CCN2C[C@@H](C(=O)NCCCc3scnc3C)CCC2=O)cc1. The predicted octanol–water partition coefficient (Wildman–Crippen LogP) is 2.99. The first kappa shape index (κ1) is 21.3. The molecule has 2 amide bonds. The van der Waals surface area contributed by atoms with Crippen LogP contribution in [0, 0.1) is 12.8 Å². The molecule has 0 bridgehead atoms. The van der Waals surface area contributed by atoms with Crippen molar-refractivity contribution in [2.75, 3.05) is 26.7 Å². The molecule has 0 spiro atoms. The Balaban J connectivity index is 1.42. The highest BCUT2D eigenvalue weighted by molar-refractivity contribution is 7.09. The highest BCUT2D eigenvalue weighted by Gasteiger charge is 2.29. The molecule has 29 heavy (non-hydrogen) atoms. The second kappa shape index (κ2) is 10.4. The van der Waals surface area contributed by atoms with E-state index < -0.39 is 0 Å². The van der Waals surface area contributed by atoms with Gasteiger partial charge in [-0.25, -0.2) is 4.98 Å². The Morgan fingerprint density at radius 2 is 2.10 bits per heavy atom. The van der Waals surface area contributed by atoms with Crippen LogP contribution in [0.1, 0.15) is 35.4 Å². The number of likely N-dealkylation sites (tertiary alicyclic amines) is 1. The fraction of sp³-hybridized carbons (Fsp3) is 0.500. The number of nitrogens with one attached hydrogen (secondary N) is 1. The molecule has 1 aliphatic rings. The maximum Gasteiger partial charge on any atom is 0.224 e. The van der Waals surface area contributed by atoms with Gasteiger partial charge in [-0.15, -0.1) is 11.3 Å². The van der Waals surface area contributed by atoms with Gasteiger partial charge in [-0.2, -0.15) is 0 Å². The molecule has 1 aliphatic heterocycles. The van der Waals surface area contributed by atoms with E-state index in [9.17, 15) is 9.59 Å². The van der Waals surface area contributed by atoms with E-state index in [2.05, 4.69) is 10.3 Å². The number of benzene rings is 1. The van der Waals surface area contributed by atoms with Gasteiger partial charge >= 0.3 is 0 Å². The minimum atomic E-state index is -0.117. The Kier molecular flexibility index (Phi) is 7.63. The highest BCUT2D eigenvalue weighted by Crippen LogP contribution is 2.19. The Morgan fingerprint density at radius 1 is 1.31 bits per heavy atom. The van der Waals surface area contributed by atoms with Crippen LogP contribution in [-0.2, 0) is 22.4 Å². The van der Waals surface area contributed by atoms with Crippen LogP contribution in [0.5, 0.6) is 5.75 Å². The Labute approximate surface area is 176 Å². The number of rotatable bonds is 9. The molecule has 6 nitrogen and oxygen atoms in total. The number of aryl methyl sites for hydroxylation is 2. The van der Waals surface area contributed by atoms with E-state index in [-0.39, 0.29) is 17.7 Å². The monoisotopic (exact) mass is 415 g/mol. The van der Waals surface area contributed by atoms with Crippen molar-refractivity contribution in [3.63, 3.8) is 0 Å². The molecule has 1 saturated heterocycles. The summed E-state index contributed by atoms with van der Waals surface area (Å²) in [5.41, 5.74) is 4.10. The number of carbonyl (C=O) groups is 2. The minimum absolute atomic E-state index is 0.0629. The maximum atomic E-state index is 12.6. The zero-order chi connectivity index (χ0) is 20.6. The zero-order valence-electron chi connectivity index (χ0n) is 17.1. The summed E-state index contributed by atoms with van der Waals surface area (Å²) in [5.74, 6) is 0.912. The number of thiazole rings is 1. The molecule has 1 atom stereocenters. The molecular weight excluding hydrogens is 386 g/mol. The summed E-state index contributed by atoms with van der Waals surface area (Å²) in [6.45, 7) is 3.82. The summed E-state index contributed by atoms with van der Waals surface area (Å²) in [6.07, 6.45) is 3.70. The van der Waals surface area contributed by atoms with Gasteiger partial charge in [0, 0.05) is 30.9 Å². The van der Waals surface area contributed by atoms with Gasteiger partial charge in [0.05, 0.1) is 24.2 Å². The van der Waals surface area contributed by atoms with Crippen molar-refractivity contribution in [3.8, 4) is 5.75 Å². The topological polar surface area (TPSA) is 71.5 Å². The largest absolute Gasteiger partial charge is 0.497 e. The van der Waals surface area contributed by atoms with Crippen molar-refractivity contribution in [2.24, 2.45) is 5.92 Å². The quantitative estimate of drug-likeness (QED) is 0.639. The number of piperidine rings is 1. The van der Waals surface area contributed by atoms with Gasteiger partial charge < -0.3 is 15.0 Å². The van der Waals surface area contributed by atoms with Gasteiger partial charge in [-0.05, 0) is 50.3 Å². The normalized spacial score (nSPS) is 16.7. The lowest BCUT2D eigenvalue weighted by molar-refractivity contribution is -0.138. The van der Waals surface area contributed by atoms with Gasteiger partial charge in [0.2, 0.25) is 11.8 Å². The molecule has 1 aromatic carbocycles. The van der Waals surface area contributed by atoms with Crippen LogP contribution in [-0.4, -0.2) is 48.4 Å². The molecule has 156 valence electrons. The number of hydrogen-bond acceptors (Lipinski definition) is 5. The molecule has 0 aliphatic carbocycles. The number of amides is 2. The zero-order valence-corrected chi connectivity index (χ0v) is 18.0. The third kappa shape index (κ3) is 6.03. The molecule has 0 unspecified atom stereocenters. The first-order valence-electron chi connectivity index (χ1n) is 10.1. The van der Waals surface area contributed by atoms with E-state index in [0.29, 0.717) is 32.5 Å². The van der Waals surface area contributed by atoms with Gasteiger partial charge in [0.1, 0.15) is 5.75 Å². The average Bonchev–Trinajstić information content (AvgIpc) is 3.15.